The molecule has 0 saturated carbocycles. The first kappa shape index (κ1) is 26.3. The molecule has 1 aromatic heterocycles. The molecule has 10 heteroatoms. The van der Waals surface area contributed by atoms with Crippen LogP contribution in [0.4, 0.5) is 16.3 Å². The van der Waals surface area contributed by atoms with E-state index in [4.69, 9.17) is 31.4 Å². The molecule has 3 aromatic rings. The number of hydrogen-bond acceptors (Lipinski definition) is 7. The van der Waals surface area contributed by atoms with Crippen molar-refractivity contribution >= 4 is 40.0 Å². The lowest BCUT2D eigenvalue weighted by atomic mass is 10.0. The molecule has 1 atom stereocenters. The van der Waals surface area contributed by atoms with Gasteiger partial charge in [-0.25, -0.2) is 4.79 Å². The Balaban J connectivity index is 1.47. The second-order valence-corrected chi connectivity index (χ2v) is 10.3. The number of rotatable bonds is 9. The Morgan fingerprint density at radius 2 is 2.05 bits per heavy atom. The molecule has 2 N–H and O–H groups in total. The summed E-state index contributed by atoms with van der Waals surface area (Å²) in [6, 6.07) is 13.0. The summed E-state index contributed by atoms with van der Waals surface area (Å²) < 4.78 is 6.19. The fourth-order valence-electron chi connectivity index (χ4n) is 5.53. The fourth-order valence-corrected chi connectivity index (χ4v) is 5.81. The Morgan fingerprint density at radius 3 is 2.79 bits per heavy atom. The lowest BCUT2D eigenvalue weighted by Crippen LogP contribution is -2.38. The number of anilines is 2. The van der Waals surface area contributed by atoms with Crippen LogP contribution >= 0.6 is 11.6 Å². The van der Waals surface area contributed by atoms with E-state index in [0.29, 0.717) is 44.8 Å². The van der Waals surface area contributed by atoms with E-state index in [1.165, 1.54) is 6.42 Å². The number of carbonyl (C=O) groups is 1. The molecule has 38 heavy (non-hydrogen) atoms. The van der Waals surface area contributed by atoms with Gasteiger partial charge < -0.3 is 29.9 Å². The number of hydrogen-bond donors (Lipinski definition) is 2. The number of benzene rings is 2. The van der Waals surface area contributed by atoms with Gasteiger partial charge in [0.05, 0.1) is 17.3 Å². The van der Waals surface area contributed by atoms with E-state index in [2.05, 4.69) is 58.3 Å². The van der Waals surface area contributed by atoms with Gasteiger partial charge in [-0.1, -0.05) is 35.9 Å². The van der Waals surface area contributed by atoms with Crippen LogP contribution in [-0.4, -0.2) is 78.5 Å². The van der Waals surface area contributed by atoms with Crippen LogP contribution in [0.5, 0.6) is 6.01 Å². The molecule has 2 aliphatic rings. The van der Waals surface area contributed by atoms with E-state index in [1.807, 2.05) is 12.1 Å². The number of nitrogens with one attached hydrogen (secondary N) is 1. The van der Waals surface area contributed by atoms with Gasteiger partial charge >= 0.3 is 12.1 Å². The fraction of sp³-hybridized carbons (Fsp3) is 0.464. The lowest BCUT2D eigenvalue weighted by Gasteiger charge is -2.34. The number of nitrogens with zero attached hydrogens (tertiary/aromatic N) is 5. The van der Waals surface area contributed by atoms with Crippen molar-refractivity contribution in [3.63, 3.8) is 0 Å². The molecule has 0 radical (unpaired) electrons. The molecule has 0 bridgehead atoms. The predicted molar refractivity (Wildman–Crippen MR) is 151 cm³/mol. The van der Waals surface area contributed by atoms with Crippen LogP contribution in [0.15, 0.2) is 36.4 Å². The molecule has 2 aliphatic heterocycles. The van der Waals surface area contributed by atoms with Gasteiger partial charge in [-0.05, 0) is 57.3 Å². The Bertz CT molecular complexity index is 1300. The first-order chi connectivity index (χ1) is 18.4. The Kier molecular flexibility index (Phi) is 8.04. The average Bonchev–Trinajstić information content (AvgIpc) is 3.33. The number of aromatic nitrogens is 2. The van der Waals surface area contributed by atoms with E-state index >= 15 is 0 Å². The zero-order valence-corrected chi connectivity index (χ0v) is 22.7. The Hall–Kier alpha value is -3.30. The second kappa shape index (κ2) is 11.6. The van der Waals surface area contributed by atoms with E-state index < -0.39 is 6.09 Å². The summed E-state index contributed by atoms with van der Waals surface area (Å²) in [5, 5.41) is 14.4. The lowest BCUT2D eigenvalue weighted by molar-refractivity contribution is 0.187. The van der Waals surface area contributed by atoms with Crippen molar-refractivity contribution in [2.24, 2.45) is 0 Å². The zero-order valence-electron chi connectivity index (χ0n) is 22.0. The Morgan fingerprint density at radius 1 is 1.24 bits per heavy atom. The molecular weight excluding hydrogens is 504 g/mol. The monoisotopic (exact) mass is 538 g/mol. The van der Waals surface area contributed by atoms with Crippen LogP contribution in [0.3, 0.4) is 0 Å². The number of halogens is 1. The molecule has 0 aliphatic carbocycles. The first-order valence-electron chi connectivity index (χ1n) is 13.3. The first-order valence-corrected chi connectivity index (χ1v) is 13.7. The number of fused-ring (bicyclic) bond motifs is 2. The summed E-state index contributed by atoms with van der Waals surface area (Å²) in [6.07, 6.45) is 2.01. The maximum Gasteiger partial charge on any atom is 0.404 e. The molecule has 1 saturated heterocycles. The molecule has 3 heterocycles. The molecule has 202 valence electrons. The van der Waals surface area contributed by atoms with Crippen LogP contribution < -0.4 is 19.9 Å². The molecule has 1 amide bonds. The quantitative estimate of drug-likeness (QED) is 0.414. The summed E-state index contributed by atoms with van der Waals surface area (Å²) in [7, 11) is 2.13. The SMILES string of the molecule is CCN(CCNC(=O)O)c1nc(OCC2CCCN2C)nc2c1CCN(c1cccc3cccc(Cl)c13)C2. The van der Waals surface area contributed by atoms with Gasteiger partial charge in [0.15, 0.2) is 0 Å². The van der Waals surface area contributed by atoms with Crippen molar-refractivity contribution in [1.29, 1.82) is 0 Å². The average molecular weight is 539 g/mol. The highest BCUT2D eigenvalue weighted by Crippen LogP contribution is 2.36. The minimum absolute atomic E-state index is 0.311. The van der Waals surface area contributed by atoms with E-state index in [1.54, 1.807) is 0 Å². The molecule has 9 nitrogen and oxygen atoms in total. The van der Waals surface area contributed by atoms with Crippen LogP contribution in [0, 0.1) is 0 Å². The number of carboxylic acid groups (broad SMARTS) is 1. The highest BCUT2D eigenvalue weighted by atomic mass is 35.5. The van der Waals surface area contributed by atoms with Crippen LogP contribution in [0.25, 0.3) is 10.8 Å². The van der Waals surface area contributed by atoms with Crippen LogP contribution in [-0.2, 0) is 13.0 Å². The molecule has 2 aromatic carbocycles. The maximum absolute atomic E-state index is 11.0. The normalized spacial score (nSPS) is 17.4. The standard InChI is InChI=1S/C28H35ClN6O3/c1-3-34(16-13-30-28(36)37)26-21-12-15-35(24-11-5-8-19-7-4-10-22(29)25(19)24)17-23(21)31-27(32-26)38-18-20-9-6-14-33(20)2/h4-5,7-8,10-11,20,30H,3,6,9,12-18H2,1-2H3,(H,36,37). The second-order valence-electron chi connectivity index (χ2n) is 9.94. The number of ether oxygens (including phenoxy) is 1. The van der Waals surface area contributed by atoms with Crippen molar-refractivity contribution in [2.75, 3.05) is 56.2 Å². The third kappa shape index (κ3) is 5.59. The summed E-state index contributed by atoms with van der Waals surface area (Å²) in [4.78, 5) is 27.5. The van der Waals surface area contributed by atoms with Crippen LogP contribution in [0.1, 0.15) is 31.0 Å². The zero-order chi connectivity index (χ0) is 26.6. The molecule has 5 rings (SSSR count). The minimum atomic E-state index is -1.03. The molecule has 1 unspecified atom stereocenters. The van der Waals surface area contributed by atoms with Gasteiger partial charge in [-0.2, -0.15) is 9.97 Å². The van der Waals surface area contributed by atoms with Crippen molar-refractivity contribution < 1.29 is 14.6 Å². The third-order valence-corrected chi connectivity index (χ3v) is 7.93. The Labute approximate surface area is 228 Å². The van der Waals surface area contributed by atoms with Crippen molar-refractivity contribution in [3.05, 3.63) is 52.7 Å². The number of amides is 1. The summed E-state index contributed by atoms with van der Waals surface area (Å²) in [5.41, 5.74) is 3.12. The third-order valence-electron chi connectivity index (χ3n) is 7.61. The van der Waals surface area contributed by atoms with Crippen LogP contribution in [0.2, 0.25) is 5.02 Å². The van der Waals surface area contributed by atoms with Crippen molar-refractivity contribution in [1.82, 2.24) is 20.2 Å². The van der Waals surface area contributed by atoms with Gasteiger partial charge in [0, 0.05) is 48.9 Å². The highest BCUT2D eigenvalue weighted by molar-refractivity contribution is 6.36. The maximum atomic E-state index is 11.0. The van der Waals surface area contributed by atoms with Gasteiger partial charge in [-0.3, -0.25) is 0 Å². The summed E-state index contributed by atoms with van der Waals surface area (Å²) >= 11 is 6.65. The van der Waals surface area contributed by atoms with Crippen molar-refractivity contribution in [3.8, 4) is 6.01 Å². The van der Waals surface area contributed by atoms with E-state index in [9.17, 15) is 4.79 Å². The van der Waals surface area contributed by atoms with Gasteiger partial charge in [0.25, 0.3) is 0 Å². The summed E-state index contributed by atoms with van der Waals surface area (Å²) in [5.74, 6) is 0.829. The smallest absolute Gasteiger partial charge is 0.404 e. The molecule has 0 spiro atoms. The van der Waals surface area contributed by atoms with Gasteiger partial charge in [-0.15, -0.1) is 0 Å². The largest absolute Gasteiger partial charge is 0.465 e. The van der Waals surface area contributed by atoms with Crippen molar-refractivity contribution in [2.45, 2.75) is 38.8 Å². The summed E-state index contributed by atoms with van der Waals surface area (Å²) in [6.45, 7) is 6.60. The number of likely N-dealkylation sites (N-methyl/N-ethyl adjacent to an activating group) is 2. The molecular formula is C28H35ClN6O3. The van der Waals surface area contributed by atoms with E-state index in [-0.39, 0.29) is 0 Å². The van der Waals surface area contributed by atoms with Gasteiger partial charge in [0.2, 0.25) is 0 Å². The van der Waals surface area contributed by atoms with E-state index in [0.717, 1.165) is 64.5 Å². The highest BCUT2D eigenvalue weighted by Gasteiger charge is 2.28. The molecule has 1 fully saturated rings. The topological polar surface area (TPSA) is 94.1 Å². The predicted octanol–water partition coefficient (Wildman–Crippen LogP) is 4.41. The van der Waals surface area contributed by atoms with Gasteiger partial charge in [0.1, 0.15) is 12.4 Å². The number of likely N-dealkylation sites (tertiary alicyclic amines) is 1. The minimum Gasteiger partial charge on any atom is -0.465 e.